The van der Waals surface area contributed by atoms with E-state index in [1.807, 2.05) is 0 Å². The molecule has 0 aromatic heterocycles. The van der Waals surface area contributed by atoms with Gasteiger partial charge in [-0.05, 0) is 17.7 Å². The molecule has 6 heteroatoms. The highest BCUT2D eigenvalue weighted by molar-refractivity contribution is 5.36. The van der Waals surface area contributed by atoms with Crippen molar-refractivity contribution < 1.29 is 22.6 Å². The molecule has 0 saturated heterocycles. The normalized spacial score (nSPS) is 11.6. The molecular weight excluding hydrogens is 247 g/mol. The fourth-order valence-electron chi connectivity index (χ4n) is 1.46. The average molecular weight is 263 g/mol. The van der Waals surface area contributed by atoms with Crippen molar-refractivity contribution in [2.75, 3.05) is 13.7 Å². The molecule has 0 atom stereocenters. The van der Waals surface area contributed by atoms with Gasteiger partial charge in [0.1, 0.15) is 5.75 Å². The van der Waals surface area contributed by atoms with Gasteiger partial charge in [-0.3, -0.25) is 0 Å². The summed E-state index contributed by atoms with van der Waals surface area (Å²) in [5, 5.41) is 0. The molecule has 0 aliphatic carbocycles. The summed E-state index contributed by atoms with van der Waals surface area (Å²) in [6.07, 6.45) is -5.12. The molecule has 1 rings (SSSR count). The molecule has 0 amide bonds. The van der Waals surface area contributed by atoms with Crippen molar-refractivity contribution in [3.8, 4) is 5.75 Å². The Morgan fingerprint density at radius 3 is 2.56 bits per heavy atom. The van der Waals surface area contributed by atoms with Gasteiger partial charge < -0.3 is 15.2 Å². The number of nitrogens with two attached hydrogens (primary N) is 1. The minimum absolute atomic E-state index is 0.132. The predicted molar refractivity (Wildman–Crippen MR) is 61.2 cm³/mol. The lowest BCUT2D eigenvalue weighted by Gasteiger charge is -2.10. The molecule has 1 aromatic rings. The highest BCUT2D eigenvalue weighted by Crippen LogP contribution is 2.21. The smallest absolute Gasteiger partial charge is 0.391 e. The zero-order valence-electron chi connectivity index (χ0n) is 10.1. The molecule has 0 aliphatic heterocycles. The van der Waals surface area contributed by atoms with Gasteiger partial charge in [-0.25, -0.2) is 0 Å². The highest BCUT2D eigenvalue weighted by Gasteiger charge is 2.26. The Kier molecular flexibility index (Phi) is 5.43. The van der Waals surface area contributed by atoms with E-state index >= 15 is 0 Å². The van der Waals surface area contributed by atoms with E-state index in [1.54, 1.807) is 18.2 Å². The van der Waals surface area contributed by atoms with Crippen LogP contribution >= 0.6 is 0 Å². The molecule has 0 unspecified atom stereocenters. The monoisotopic (exact) mass is 263 g/mol. The van der Waals surface area contributed by atoms with E-state index in [0.29, 0.717) is 12.3 Å². The summed E-state index contributed by atoms with van der Waals surface area (Å²) in [6, 6.07) is 5.24. The molecule has 1 aromatic carbocycles. The molecule has 0 fully saturated rings. The fraction of sp³-hybridized carbons (Fsp3) is 0.500. The first kappa shape index (κ1) is 14.8. The second-order valence-corrected chi connectivity index (χ2v) is 3.77. The minimum Gasteiger partial charge on any atom is -0.496 e. The quantitative estimate of drug-likeness (QED) is 0.802. The maximum atomic E-state index is 11.9. The number of alkyl halides is 3. The van der Waals surface area contributed by atoms with E-state index < -0.39 is 12.6 Å². The summed E-state index contributed by atoms with van der Waals surface area (Å²) in [5.74, 6) is 0.663. The van der Waals surface area contributed by atoms with Crippen LogP contribution in [0, 0.1) is 0 Å². The second-order valence-electron chi connectivity index (χ2n) is 3.77. The van der Waals surface area contributed by atoms with E-state index in [9.17, 15) is 13.2 Å². The van der Waals surface area contributed by atoms with Gasteiger partial charge in [0.2, 0.25) is 0 Å². The summed E-state index contributed by atoms with van der Waals surface area (Å²) in [7, 11) is 1.54. The van der Waals surface area contributed by atoms with Crippen molar-refractivity contribution >= 4 is 0 Å². The van der Waals surface area contributed by atoms with Gasteiger partial charge in [-0.1, -0.05) is 6.07 Å². The van der Waals surface area contributed by atoms with Crippen LogP contribution in [0.1, 0.15) is 17.5 Å². The lowest BCUT2D eigenvalue weighted by atomic mass is 10.1. The van der Waals surface area contributed by atoms with Gasteiger partial charge in [-0.2, -0.15) is 13.2 Å². The number of hydrogen-bond donors (Lipinski definition) is 1. The number of rotatable bonds is 6. The van der Waals surface area contributed by atoms with Crippen LogP contribution in [0.15, 0.2) is 18.2 Å². The second kappa shape index (κ2) is 6.61. The number of methoxy groups -OCH3 is 1. The Balaban J connectivity index is 2.48. The Labute approximate surface area is 104 Å². The van der Waals surface area contributed by atoms with E-state index in [-0.39, 0.29) is 13.2 Å². The molecule has 0 radical (unpaired) electrons. The van der Waals surface area contributed by atoms with Crippen LogP contribution in [-0.4, -0.2) is 19.9 Å². The maximum Gasteiger partial charge on any atom is 0.391 e. The van der Waals surface area contributed by atoms with Gasteiger partial charge in [0.25, 0.3) is 0 Å². The van der Waals surface area contributed by atoms with E-state index in [2.05, 4.69) is 0 Å². The molecule has 0 aliphatic rings. The van der Waals surface area contributed by atoms with Crippen LogP contribution in [0.2, 0.25) is 0 Å². The summed E-state index contributed by atoms with van der Waals surface area (Å²) in [5.41, 5.74) is 7.11. The summed E-state index contributed by atoms with van der Waals surface area (Å²) >= 11 is 0. The van der Waals surface area contributed by atoms with Gasteiger partial charge >= 0.3 is 6.18 Å². The maximum absolute atomic E-state index is 11.9. The summed E-state index contributed by atoms with van der Waals surface area (Å²) < 4.78 is 45.7. The third kappa shape index (κ3) is 4.93. The first-order valence-electron chi connectivity index (χ1n) is 5.46. The molecule has 0 heterocycles. The number of benzene rings is 1. The average Bonchev–Trinajstić information content (AvgIpc) is 2.33. The van der Waals surface area contributed by atoms with Crippen molar-refractivity contribution in [1.82, 2.24) is 0 Å². The predicted octanol–water partition coefficient (Wildman–Crippen LogP) is 2.62. The first-order valence-corrected chi connectivity index (χ1v) is 5.46. The topological polar surface area (TPSA) is 44.5 Å². The van der Waals surface area contributed by atoms with Gasteiger partial charge in [0, 0.05) is 12.1 Å². The zero-order chi connectivity index (χ0) is 13.6. The van der Waals surface area contributed by atoms with Crippen LogP contribution < -0.4 is 10.5 Å². The standard InChI is InChI=1S/C12H16F3NO2/c1-17-11-3-2-9(6-10(11)7-16)8-18-5-4-12(13,14)15/h2-3,6H,4-5,7-8,16H2,1H3. The molecular formula is C12H16F3NO2. The largest absolute Gasteiger partial charge is 0.496 e. The van der Waals surface area contributed by atoms with E-state index in [4.69, 9.17) is 15.2 Å². The van der Waals surface area contributed by atoms with Gasteiger partial charge in [0.05, 0.1) is 26.7 Å². The van der Waals surface area contributed by atoms with Crippen molar-refractivity contribution in [3.63, 3.8) is 0 Å². The van der Waals surface area contributed by atoms with Gasteiger partial charge in [-0.15, -0.1) is 0 Å². The number of ether oxygens (including phenoxy) is 2. The molecule has 2 N–H and O–H groups in total. The van der Waals surface area contributed by atoms with E-state index in [1.165, 1.54) is 7.11 Å². The number of halogens is 3. The third-order valence-electron chi connectivity index (χ3n) is 2.36. The molecule has 0 saturated carbocycles. The Hall–Kier alpha value is -1.27. The van der Waals surface area contributed by atoms with Crippen molar-refractivity contribution in [2.24, 2.45) is 5.73 Å². The number of hydrogen-bond acceptors (Lipinski definition) is 3. The lowest BCUT2D eigenvalue weighted by Crippen LogP contribution is -2.11. The molecule has 3 nitrogen and oxygen atoms in total. The minimum atomic E-state index is -4.18. The van der Waals surface area contributed by atoms with Gasteiger partial charge in [0.15, 0.2) is 0 Å². The SMILES string of the molecule is COc1ccc(COCCC(F)(F)F)cc1CN. The zero-order valence-corrected chi connectivity index (χ0v) is 10.1. The van der Waals surface area contributed by atoms with Crippen molar-refractivity contribution in [1.29, 1.82) is 0 Å². The van der Waals surface area contributed by atoms with Crippen molar-refractivity contribution in [3.05, 3.63) is 29.3 Å². The highest BCUT2D eigenvalue weighted by atomic mass is 19.4. The lowest BCUT2D eigenvalue weighted by molar-refractivity contribution is -0.146. The van der Waals surface area contributed by atoms with Crippen molar-refractivity contribution in [2.45, 2.75) is 25.7 Å². The van der Waals surface area contributed by atoms with Crippen LogP contribution in [0.5, 0.6) is 5.75 Å². The van der Waals surface area contributed by atoms with E-state index in [0.717, 1.165) is 11.1 Å². The Bertz CT molecular complexity index is 380. The Morgan fingerprint density at radius 1 is 1.28 bits per heavy atom. The molecule has 102 valence electrons. The van der Waals surface area contributed by atoms with Crippen LogP contribution in [-0.2, 0) is 17.9 Å². The molecule has 0 bridgehead atoms. The first-order chi connectivity index (χ1) is 8.46. The summed E-state index contributed by atoms with van der Waals surface area (Å²) in [6.45, 7) is 0.0973. The fourth-order valence-corrected chi connectivity index (χ4v) is 1.46. The third-order valence-corrected chi connectivity index (χ3v) is 2.36. The molecule has 0 spiro atoms. The summed E-state index contributed by atoms with van der Waals surface area (Å²) in [4.78, 5) is 0. The van der Waals surface area contributed by atoms with Crippen LogP contribution in [0.25, 0.3) is 0 Å². The Morgan fingerprint density at radius 2 is 2.00 bits per heavy atom. The van der Waals surface area contributed by atoms with Crippen LogP contribution in [0.4, 0.5) is 13.2 Å². The molecule has 18 heavy (non-hydrogen) atoms. The van der Waals surface area contributed by atoms with Crippen LogP contribution in [0.3, 0.4) is 0 Å².